The number of nitrogens with zero attached hydrogens (tertiary/aromatic N) is 3. The number of benzene rings is 2. The third kappa shape index (κ3) is 5.70. The van der Waals surface area contributed by atoms with E-state index in [4.69, 9.17) is 4.74 Å². The van der Waals surface area contributed by atoms with Crippen LogP contribution in [0.2, 0.25) is 0 Å². The van der Waals surface area contributed by atoms with Crippen LogP contribution in [0.5, 0.6) is 0 Å². The van der Waals surface area contributed by atoms with E-state index in [1.54, 1.807) is 36.2 Å². The van der Waals surface area contributed by atoms with Crippen molar-refractivity contribution < 1.29 is 19.1 Å². The standard InChI is InChI=1S/C25H30N4O4/c1-27(25(32)19-5-9-22(10-6-19)29-13-3-2-4-24(29)31)18-23(30)26-20-7-11-21(12-8-20)28-14-16-33-17-15-28/h5-12H,2-4,13-18H2,1H3,(H,26,30). The van der Waals surface area contributed by atoms with Crippen LogP contribution in [-0.2, 0) is 14.3 Å². The van der Waals surface area contributed by atoms with Crippen LogP contribution in [-0.4, -0.2) is 69.1 Å². The van der Waals surface area contributed by atoms with E-state index >= 15 is 0 Å². The van der Waals surface area contributed by atoms with Gasteiger partial charge in [0, 0.05) is 55.7 Å². The molecule has 0 aliphatic carbocycles. The molecule has 0 radical (unpaired) electrons. The van der Waals surface area contributed by atoms with E-state index in [1.165, 1.54) is 4.90 Å². The Labute approximate surface area is 194 Å². The van der Waals surface area contributed by atoms with Gasteiger partial charge >= 0.3 is 0 Å². The largest absolute Gasteiger partial charge is 0.378 e. The quantitative estimate of drug-likeness (QED) is 0.732. The topological polar surface area (TPSA) is 82.2 Å². The molecule has 8 nitrogen and oxygen atoms in total. The highest BCUT2D eigenvalue weighted by molar-refractivity contribution is 6.00. The van der Waals surface area contributed by atoms with Crippen molar-refractivity contribution in [3.05, 3.63) is 54.1 Å². The molecular weight excluding hydrogens is 420 g/mol. The lowest BCUT2D eigenvalue weighted by Crippen LogP contribution is -2.36. The molecule has 0 spiro atoms. The van der Waals surface area contributed by atoms with Crippen molar-refractivity contribution in [2.24, 2.45) is 0 Å². The first-order valence-corrected chi connectivity index (χ1v) is 11.4. The molecule has 2 aliphatic rings. The van der Waals surface area contributed by atoms with Crippen molar-refractivity contribution in [2.45, 2.75) is 19.3 Å². The second kappa shape index (κ2) is 10.5. The molecule has 2 heterocycles. The van der Waals surface area contributed by atoms with Crippen molar-refractivity contribution in [2.75, 3.05) is 61.6 Å². The third-order valence-corrected chi connectivity index (χ3v) is 6.00. The van der Waals surface area contributed by atoms with E-state index in [0.717, 1.165) is 50.5 Å². The lowest BCUT2D eigenvalue weighted by Gasteiger charge is -2.28. The number of piperidine rings is 1. The lowest BCUT2D eigenvalue weighted by atomic mass is 10.1. The SMILES string of the molecule is CN(CC(=O)Nc1ccc(N2CCOCC2)cc1)C(=O)c1ccc(N2CCCCC2=O)cc1. The molecule has 174 valence electrons. The molecule has 2 saturated heterocycles. The molecule has 8 heteroatoms. The molecule has 4 rings (SSSR count). The van der Waals surface area contributed by atoms with Crippen molar-refractivity contribution in [3.63, 3.8) is 0 Å². The van der Waals surface area contributed by atoms with Gasteiger partial charge in [-0.15, -0.1) is 0 Å². The smallest absolute Gasteiger partial charge is 0.254 e. The Hall–Kier alpha value is -3.39. The zero-order chi connectivity index (χ0) is 23.2. The zero-order valence-electron chi connectivity index (χ0n) is 19.0. The van der Waals surface area contributed by atoms with Gasteiger partial charge in [0.05, 0.1) is 19.8 Å². The molecule has 0 atom stereocenters. The maximum atomic E-state index is 12.8. The number of hydrogen-bond donors (Lipinski definition) is 1. The van der Waals surface area contributed by atoms with Gasteiger partial charge in [0.2, 0.25) is 11.8 Å². The van der Waals surface area contributed by atoms with Crippen LogP contribution in [0.1, 0.15) is 29.6 Å². The van der Waals surface area contributed by atoms with E-state index in [-0.39, 0.29) is 24.3 Å². The van der Waals surface area contributed by atoms with Crippen molar-refractivity contribution in [3.8, 4) is 0 Å². The minimum Gasteiger partial charge on any atom is -0.378 e. The van der Waals surface area contributed by atoms with Crippen molar-refractivity contribution in [1.29, 1.82) is 0 Å². The number of carbonyl (C=O) groups is 3. The van der Waals surface area contributed by atoms with Crippen molar-refractivity contribution >= 4 is 34.8 Å². The van der Waals surface area contributed by atoms with Crippen LogP contribution in [0.15, 0.2) is 48.5 Å². The molecule has 0 unspecified atom stereocenters. The lowest BCUT2D eigenvalue weighted by molar-refractivity contribution is -0.119. The molecule has 1 N–H and O–H groups in total. The Morgan fingerprint density at radius 2 is 1.61 bits per heavy atom. The summed E-state index contributed by atoms with van der Waals surface area (Å²) in [6, 6.07) is 14.7. The fourth-order valence-corrected chi connectivity index (χ4v) is 4.15. The van der Waals surface area contributed by atoms with E-state index < -0.39 is 0 Å². The number of morpholine rings is 1. The number of carbonyl (C=O) groups excluding carboxylic acids is 3. The summed E-state index contributed by atoms with van der Waals surface area (Å²) in [6.45, 7) is 3.80. The van der Waals surface area contributed by atoms with Crippen LogP contribution in [0, 0.1) is 0 Å². The number of ether oxygens (including phenoxy) is 1. The fraction of sp³-hybridized carbons (Fsp3) is 0.400. The van der Waals surface area contributed by atoms with Gasteiger partial charge in [-0.05, 0) is 61.4 Å². The van der Waals surface area contributed by atoms with E-state index in [0.29, 0.717) is 24.2 Å². The number of rotatable bonds is 6. The molecule has 33 heavy (non-hydrogen) atoms. The summed E-state index contributed by atoms with van der Waals surface area (Å²) in [6.07, 6.45) is 2.48. The maximum Gasteiger partial charge on any atom is 0.254 e. The average Bonchev–Trinajstić information content (AvgIpc) is 2.85. The number of nitrogens with one attached hydrogen (secondary N) is 1. The fourth-order valence-electron chi connectivity index (χ4n) is 4.15. The third-order valence-electron chi connectivity index (χ3n) is 6.00. The molecule has 3 amide bonds. The summed E-state index contributed by atoms with van der Waals surface area (Å²) in [5, 5.41) is 2.85. The Bertz CT molecular complexity index is 984. The highest BCUT2D eigenvalue weighted by Gasteiger charge is 2.21. The van der Waals surface area contributed by atoms with Gasteiger partial charge in [-0.2, -0.15) is 0 Å². The Morgan fingerprint density at radius 3 is 2.27 bits per heavy atom. The van der Waals surface area contributed by atoms with Crippen LogP contribution in [0.3, 0.4) is 0 Å². The van der Waals surface area contributed by atoms with Crippen LogP contribution in [0.25, 0.3) is 0 Å². The number of amides is 3. The van der Waals surface area contributed by atoms with Gasteiger partial charge in [0.15, 0.2) is 0 Å². The molecular formula is C25H30N4O4. The summed E-state index contributed by atoms with van der Waals surface area (Å²) < 4.78 is 5.38. The number of likely N-dealkylation sites (N-methyl/N-ethyl adjacent to an activating group) is 1. The van der Waals surface area contributed by atoms with Gasteiger partial charge < -0.3 is 24.8 Å². The Kier molecular flexibility index (Phi) is 7.24. The zero-order valence-corrected chi connectivity index (χ0v) is 19.0. The molecule has 2 fully saturated rings. The Morgan fingerprint density at radius 1 is 0.939 bits per heavy atom. The minimum absolute atomic E-state index is 0.0591. The van der Waals surface area contributed by atoms with E-state index in [2.05, 4.69) is 10.2 Å². The van der Waals surface area contributed by atoms with Gasteiger partial charge in [-0.3, -0.25) is 14.4 Å². The Balaban J connectivity index is 1.30. The summed E-state index contributed by atoms with van der Waals surface area (Å²) in [5.41, 5.74) is 3.07. The predicted octanol–water partition coefficient (Wildman–Crippen LogP) is 2.75. The average molecular weight is 451 g/mol. The van der Waals surface area contributed by atoms with Gasteiger partial charge in [0.25, 0.3) is 5.91 Å². The second-order valence-corrected chi connectivity index (χ2v) is 8.41. The molecule has 2 aromatic rings. The van der Waals surface area contributed by atoms with Crippen LogP contribution in [0.4, 0.5) is 17.1 Å². The normalized spacial score (nSPS) is 16.5. The van der Waals surface area contributed by atoms with E-state index in [1.807, 2.05) is 24.3 Å². The van der Waals surface area contributed by atoms with Crippen LogP contribution >= 0.6 is 0 Å². The first-order chi connectivity index (χ1) is 16.0. The first kappa shape index (κ1) is 22.8. The first-order valence-electron chi connectivity index (χ1n) is 11.4. The van der Waals surface area contributed by atoms with Crippen LogP contribution < -0.4 is 15.1 Å². The summed E-state index contributed by atoms with van der Waals surface area (Å²) >= 11 is 0. The molecule has 0 bridgehead atoms. The second-order valence-electron chi connectivity index (χ2n) is 8.41. The number of hydrogen-bond acceptors (Lipinski definition) is 5. The van der Waals surface area contributed by atoms with E-state index in [9.17, 15) is 14.4 Å². The molecule has 2 aromatic carbocycles. The van der Waals surface area contributed by atoms with Crippen molar-refractivity contribution in [1.82, 2.24) is 4.90 Å². The molecule has 2 aliphatic heterocycles. The highest BCUT2D eigenvalue weighted by atomic mass is 16.5. The summed E-state index contributed by atoms with van der Waals surface area (Å²) in [4.78, 5) is 42.7. The molecule has 0 aromatic heterocycles. The highest BCUT2D eigenvalue weighted by Crippen LogP contribution is 2.22. The minimum atomic E-state index is -0.263. The number of anilines is 3. The van der Waals surface area contributed by atoms with Gasteiger partial charge in [-0.1, -0.05) is 0 Å². The predicted molar refractivity (Wildman–Crippen MR) is 128 cm³/mol. The summed E-state index contributed by atoms with van der Waals surface area (Å²) in [7, 11) is 1.60. The van der Waals surface area contributed by atoms with Gasteiger partial charge in [-0.25, -0.2) is 0 Å². The van der Waals surface area contributed by atoms with Gasteiger partial charge in [0.1, 0.15) is 0 Å². The summed E-state index contributed by atoms with van der Waals surface area (Å²) in [5.74, 6) is -0.392. The molecule has 0 saturated carbocycles. The maximum absolute atomic E-state index is 12.8. The monoisotopic (exact) mass is 450 g/mol.